The summed E-state index contributed by atoms with van der Waals surface area (Å²) in [4.78, 5) is 12.0. The number of nitrogens with one attached hydrogen (secondary N) is 2. The molecule has 1 heterocycles. The smallest absolute Gasteiger partial charge is 0.224 e. The van der Waals surface area contributed by atoms with Crippen molar-refractivity contribution < 1.29 is 9.53 Å². The molecule has 2 aliphatic rings. The van der Waals surface area contributed by atoms with Gasteiger partial charge >= 0.3 is 0 Å². The Bertz CT molecular complexity index is 501. The molecule has 1 aromatic rings. The largest absolute Gasteiger partial charge is 0.492 e. The highest BCUT2D eigenvalue weighted by Gasteiger charge is 2.16. The Hall–Kier alpha value is -1.26. The zero-order valence-corrected chi connectivity index (χ0v) is 13.7. The normalized spacial score (nSPS) is 17.8. The minimum atomic E-state index is 0. The van der Waals surface area contributed by atoms with Crippen molar-refractivity contribution in [3.63, 3.8) is 0 Å². The summed E-state index contributed by atoms with van der Waals surface area (Å²) in [7, 11) is 0. The first-order valence-electron chi connectivity index (χ1n) is 8.07. The van der Waals surface area contributed by atoms with E-state index in [0.717, 1.165) is 42.4 Å². The van der Waals surface area contributed by atoms with Crippen LogP contribution in [0.1, 0.15) is 44.1 Å². The molecule has 1 saturated carbocycles. The van der Waals surface area contributed by atoms with Gasteiger partial charge in [0.2, 0.25) is 5.91 Å². The number of benzene rings is 1. The molecule has 1 fully saturated rings. The van der Waals surface area contributed by atoms with E-state index >= 15 is 0 Å². The van der Waals surface area contributed by atoms with Gasteiger partial charge in [0.15, 0.2) is 0 Å². The molecule has 0 aromatic heterocycles. The molecule has 5 heteroatoms. The number of carbonyl (C=O) groups excluding carboxylic acids is 1. The summed E-state index contributed by atoms with van der Waals surface area (Å²) in [5, 5.41) is 6.32. The van der Waals surface area contributed by atoms with Crippen molar-refractivity contribution in [1.29, 1.82) is 0 Å². The van der Waals surface area contributed by atoms with Crippen molar-refractivity contribution in [2.75, 3.05) is 18.5 Å². The number of hydrogen-bond donors (Lipinski definition) is 2. The summed E-state index contributed by atoms with van der Waals surface area (Å²) in [6.07, 6.45) is 6.94. The van der Waals surface area contributed by atoms with E-state index in [1.807, 2.05) is 18.2 Å². The lowest BCUT2D eigenvalue weighted by Gasteiger charge is -2.11. The average Bonchev–Trinajstić information content (AvgIpc) is 2.90. The van der Waals surface area contributed by atoms with Gasteiger partial charge in [0, 0.05) is 30.8 Å². The summed E-state index contributed by atoms with van der Waals surface area (Å²) in [6.45, 7) is 2.35. The predicted octanol–water partition coefficient (Wildman–Crippen LogP) is 3.50. The lowest BCUT2D eigenvalue weighted by atomic mass is 10.0. The Morgan fingerprint density at radius 2 is 2.14 bits per heavy atom. The Labute approximate surface area is 138 Å². The van der Waals surface area contributed by atoms with Crippen molar-refractivity contribution in [1.82, 2.24) is 5.32 Å². The number of carbonyl (C=O) groups is 1. The second-order valence-electron chi connectivity index (χ2n) is 6.09. The van der Waals surface area contributed by atoms with E-state index in [1.54, 1.807) is 0 Å². The molecule has 1 aliphatic carbocycles. The number of fused-ring (bicyclic) bond motifs is 1. The van der Waals surface area contributed by atoms with Crippen LogP contribution in [-0.2, 0) is 11.3 Å². The molecule has 0 saturated heterocycles. The second-order valence-corrected chi connectivity index (χ2v) is 6.09. The molecule has 1 amide bonds. The standard InChI is InChI=1S/C17H24N2O2.ClH/c20-17(8-5-13-3-1-2-4-13)19-15-6-7-16-14(11-15)12-18-9-10-21-16;/h6-7,11,13,18H,1-5,8-10,12H2,(H,19,20);1H. The van der Waals surface area contributed by atoms with Crippen molar-refractivity contribution in [3.05, 3.63) is 23.8 Å². The van der Waals surface area contributed by atoms with Crippen molar-refractivity contribution in [3.8, 4) is 5.75 Å². The number of amides is 1. The van der Waals surface area contributed by atoms with E-state index in [1.165, 1.54) is 25.7 Å². The Balaban J connectivity index is 0.00000176. The highest BCUT2D eigenvalue weighted by Crippen LogP contribution is 2.29. The van der Waals surface area contributed by atoms with Crippen LogP contribution in [0.5, 0.6) is 5.75 Å². The third kappa shape index (κ3) is 4.62. The van der Waals surface area contributed by atoms with E-state index < -0.39 is 0 Å². The van der Waals surface area contributed by atoms with Gasteiger partial charge in [0.25, 0.3) is 0 Å². The zero-order chi connectivity index (χ0) is 14.5. The van der Waals surface area contributed by atoms with Crippen molar-refractivity contribution in [2.45, 2.75) is 45.1 Å². The van der Waals surface area contributed by atoms with Gasteiger partial charge < -0.3 is 15.4 Å². The fourth-order valence-corrected chi connectivity index (χ4v) is 3.25. The summed E-state index contributed by atoms with van der Waals surface area (Å²) >= 11 is 0. The van der Waals surface area contributed by atoms with Gasteiger partial charge in [-0.25, -0.2) is 0 Å². The van der Waals surface area contributed by atoms with Crippen molar-refractivity contribution >= 4 is 24.0 Å². The Morgan fingerprint density at radius 1 is 1.32 bits per heavy atom. The molecule has 0 spiro atoms. The monoisotopic (exact) mass is 324 g/mol. The first-order valence-corrected chi connectivity index (χ1v) is 8.07. The Morgan fingerprint density at radius 3 is 2.95 bits per heavy atom. The van der Waals surface area contributed by atoms with Gasteiger partial charge in [-0.15, -0.1) is 12.4 Å². The SMILES string of the molecule is Cl.O=C(CCC1CCCC1)Nc1ccc2c(c1)CNCCO2. The van der Waals surface area contributed by atoms with Gasteiger partial charge in [-0.2, -0.15) is 0 Å². The topological polar surface area (TPSA) is 50.4 Å². The molecule has 0 atom stereocenters. The van der Waals surface area contributed by atoms with Crippen LogP contribution in [0.15, 0.2) is 18.2 Å². The summed E-state index contributed by atoms with van der Waals surface area (Å²) in [5.41, 5.74) is 1.98. The van der Waals surface area contributed by atoms with Crippen LogP contribution in [0.25, 0.3) is 0 Å². The first kappa shape index (κ1) is 17.1. The summed E-state index contributed by atoms with van der Waals surface area (Å²) < 4.78 is 5.65. The third-order valence-electron chi connectivity index (χ3n) is 4.45. The van der Waals surface area contributed by atoms with E-state index in [-0.39, 0.29) is 18.3 Å². The van der Waals surface area contributed by atoms with Crippen LogP contribution in [-0.4, -0.2) is 19.1 Å². The number of anilines is 1. The van der Waals surface area contributed by atoms with Gasteiger partial charge in [0.05, 0.1) is 0 Å². The van der Waals surface area contributed by atoms with E-state index in [9.17, 15) is 4.79 Å². The minimum Gasteiger partial charge on any atom is -0.492 e. The number of rotatable bonds is 4. The number of ether oxygens (including phenoxy) is 1. The maximum atomic E-state index is 12.0. The molecule has 22 heavy (non-hydrogen) atoms. The minimum absolute atomic E-state index is 0. The fraction of sp³-hybridized carbons (Fsp3) is 0.588. The third-order valence-corrected chi connectivity index (χ3v) is 4.45. The van der Waals surface area contributed by atoms with Crippen molar-refractivity contribution in [2.24, 2.45) is 5.92 Å². The number of hydrogen-bond acceptors (Lipinski definition) is 3. The molecule has 122 valence electrons. The zero-order valence-electron chi connectivity index (χ0n) is 12.9. The first-order chi connectivity index (χ1) is 10.3. The van der Waals surface area contributed by atoms with Crippen LogP contribution in [0.3, 0.4) is 0 Å². The van der Waals surface area contributed by atoms with Gasteiger partial charge in [-0.05, 0) is 30.5 Å². The molecule has 0 radical (unpaired) electrons. The van der Waals surface area contributed by atoms with E-state index in [0.29, 0.717) is 13.0 Å². The fourth-order valence-electron chi connectivity index (χ4n) is 3.25. The van der Waals surface area contributed by atoms with Crippen LogP contribution in [0.4, 0.5) is 5.69 Å². The lowest BCUT2D eigenvalue weighted by molar-refractivity contribution is -0.116. The maximum absolute atomic E-state index is 12.0. The van der Waals surface area contributed by atoms with E-state index in [4.69, 9.17) is 4.74 Å². The van der Waals surface area contributed by atoms with Crippen LogP contribution in [0.2, 0.25) is 0 Å². The Kier molecular flexibility index (Phi) is 6.52. The molecular weight excluding hydrogens is 300 g/mol. The average molecular weight is 325 g/mol. The van der Waals surface area contributed by atoms with Crippen LogP contribution < -0.4 is 15.4 Å². The summed E-state index contributed by atoms with van der Waals surface area (Å²) in [5.74, 6) is 1.81. The predicted molar refractivity (Wildman–Crippen MR) is 90.7 cm³/mol. The summed E-state index contributed by atoms with van der Waals surface area (Å²) in [6, 6.07) is 5.90. The van der Waals surface area contributed by atoms with E-state index in [2.05, 4.69) is 10.6 Å². The highest BCUT2D eigenvalue weighted by molar-refractivity contribution is 5.90. The van der Waals surface area contributed by atoms with Crippen LogP contribution in [0, 0.1) is 5.92 Å². The lowest BCUT2D eigenvalue weighted by Crippen LogP contribution is -2.16. The molecule has 1 aromatic carbocycles. The quantitative estimate of drug-likeness (QED) is 0.891. The molecule has 3 rings (SSSR count). The molecule has 2 N–H and O–H groups in total. The highest BCUT2D eigenvalue weighted by atomic mass is 35.5. The van der Waals surface area contributed by atoms with Gasteiger partial charge in [-0.3, -0.25) is 4.79 Å². The molecule has 0 unspecified atom stereocenters. The number of halogens is 1. The molecular formula is C17H25ClN2O2. The molecule has 1 aliphatic heterocycles. The maximum Gasteiger partial charge on any atom is 0.224 e. The van der Waals surface area contributed by atoms with Gasteiger partial charge in [0.1, 0.15) is 12.4 Å². The van der Waals surface area contributed by atoms with Gasteiger partial charge in [-0.1, -0.05) is 25.7 Å². The second kappa shape index (κ2) is 8.39. The molecule has 4 nitrogen and oxygen atoms in total. The molecule has 0 bridgehead atoms. The van der Waals surface area contributed by atoms with Crippen LogP contribution >= 0.6 is 12.4 Å².